The van der Waals surface area contributed by atoms with Crippen LogP contribution >= 0.6 is 0 Å². The molecule has 0 fully saturated rings. The number of carbonyl (C=O) groups excluding carboxylic acids is 2. The van der Waals surface area contributed by atoms with Gasteiger partial charge in [0.1, 0.15) is 5.56 Å². The quantitative estimate of drug-likeness (QED) is 0.527. The average molecular weight is 361 g/mol. The number of carbonyl (C=O) groups is 2. The number of nitro benzene ring substituents is 1. The summed E-state index contributed by atoms with van der Waals surface area (Å²) in [6.45, 7) is 0. The molecule has 0 saturated carbocycles. The van der Waals surface area contributed by atoms with Crippen LogP contribution in [0.5, 0.6) is 0 Å². The number of benzene rings is 3. The molecule has 0 bridgehead atoms. The van der Waals surface area contributed by atoms with Crippen molar-refractivity contribution in [1.29, 1.82) is 0 Å². The lowest BCUT2D eigenvalue weighted by Gasteiger charge is -2.12. The third-order valence-corrected chi connectivity index (χ3v) is 3.80. The second kappa shape index (κ2) is 7.92. The zero-order valence-electron chi connectivity index (χ0n) is 14.1. The number of anilines is 2. The van der Waals surface area contributed by atoms with Crippen molar-refractivity contribution in [3.63, 3.8) is 0 Å². The van der Waals surface area contributed by atoms with Gasteiger partial charge in [0, 0.05) is 11.6 Å². The summed E-state index contributed by atoms with van der Waals surface area (Å²) < 4.78 is 0. The first kappa shape index (κ1) is 17.8. The van der Waals surface area contributed by atoms with Gasteiger partial charge in [-0.3, -0.25) is 19.7 Å². The maximum Gasteiger partial charge on any atom is 0.282 e. The molecule has 0 radical (unpaired) electrons. The van der Waals surface area contributed by atoms with E-state index in [2.05, 4.69) is 10.6 Å². The highest BCUT2D eigenvalue weighted by Gasteiger charge is 2.20. The zero-order chi connectivity index (χ0) is 19.2. The summed E-state index contributed by atoms with van der Waals surface area (Å²) in [4.78, 5) is 35.4. The highest BCUT2D eigenvalue weighted by molar-refractivity contribution is 6.11. The fourth-order valence-corrected chi connectivity index (χ4v) is 2.50. The minimum atomic E-state index is -0.635. The molecule has 2 amide bonds. The normalized spacial score (nSPS) is 10.1. The van der Waals surface area contributed by atoms with Crippen molar-refractivity contribution in [3.05, 3.63) is 100 Å². The summed E-state index contributed by atoms with van der Waals surface area (Å²) in [6, 6.07) is 20.9. The second-order valence-electron chi connectivity index (χ2n) is 5.59. The standard InChI is InChI=1S/C20H15N3O4/c24-19(14-8-2-1-3-9-14)21-16-11-5-6-12-17(16)22-20(25)15-10-4-7-13-18(15)23(26)27/h1-13H,(H,21,24)(H,22,25). The summed E-state index contributed by atoms with van der Waals surface area (Å²) in [5, 5.41) is 16.5. The van der Waals surface area contributed by atoms with Gasteiger partial charge in [0.05, 0.1) is 16.3 Å². The lowest BCUT2D eigenvalue weighted by molar-refractivity contribution is -0.385. The van der Waals surface area contributed by atoms with E-state index < -0.39 is 10.8 Å². The van der Waals surface area contributed by atoms with Crippen LogP contribution in [0.2, 0.25) is 0 Å². The van der Waals surface area contributed by atoms with Crippen LogP contribution in [-0.4, -0.2) is 16.7 Å². The molecule has 7 heteroatoms. The van der Waals surface area contributed by atoms with Crippen LogP contribution in [0.15, 0.2) is 78.9 Å². The van der Waals surface area contributed by atoms with Gasteiger partial charge in [-0.05, 0) is 30.3 Å². The van der Waals surface area contributed by atoms with E-state index in [0.717, 1.165) is 0 Å². The van der Waals surface area contributed by atoms with Crippen LogP contribution in [0.4, 0.5) is 17.1 Å². The lowest BCUT2D eigenvalue weighted by atomic mass is 10.1. The number of rotatable bonds is 5. The maximum atomic E-state index is 12.5. The Morgan fingerprint density at radius 3 is 1.85 bits per heavy atom. The van der Waals surface area contributed by atoms with Crippen molar-refractivity contribution < 1.29 is 14.5 Å². The van der Waals surface area contributed by atoms with E-state index in [4.69, 9.17) is 0 Å². The van der Waals surface area contributed by atoms with Crippen LogP contribution in [0, 0.1) is 10.1 Å². The average Bonchev–Trinajstić information content (AvgIpc) is 2.70. The van der Waals surface area contributed by atoms with Crippen LogP contribution < -0.4 is 10.6 Å². The Morgan fingerprint density at radius 1 is 0.704 bits per heavy atom. The van der Waals surface area contributed by atoms with Gasteiger partial charge in [0.25, 0.3) is 17.5 Å². The zero-order valence-corrected chi connectivity index (χ0v) is 14.1. The fraction of sp³-hybridized carbons (Fsp3) is 0. The third-order valence-electron chi connectivity index (χ3n) is 3.80. The van der Waals surface area contributed by atoms with Gasteiger partial charge >= 0.3 is 0 Å². The highest BCUT2D eigenvalue weighted by atomic mass is 16.6. The largest absolute Gasteiger partial charge is 0.320 e. The van der Waals surface area contributed by atoms with E-state index >= 15 is 0 Å². The number of amides is 2. The monoisotopic (exact) mass is 361 g/mol. The predicted molar refractivity (Wildman–Crippen MR) is 102 cm³/mol. The number of hydrogen-bond acceptors (Lipinski definition) is 4. The molecule has 0 saturated heterocycles. The minimum absolute atomic E-state index is 0.0633. The minimum Gasteiger partial charge on any atom is -0.320 e. The van der Waals surface area contributed by atoms with Crippen molar-refractivity contribution in [2.45, 2.75) is 0 Å². The lowest BCUT2D eigenvalue weighted by Crippen LogP contribution is -2.17. The van der Waals surface area contributed by atoms with E-state index in [-0.39, 0.29) is 17.2 Å². The Hall–Kier alpha value is -4.00. The first-order valence-electron chi connectivity index (χ1n) is 8.06. The molecule has 0 atom stereocenters. The van der Waals surface area contributed by atoms with Crippen molar-refractivity contribution in [3.8, 4) is 0 Å². The number of nitro groups is 1. The van der Waals surface area contributed by atoms with Gasteiger partial charge in [-0.15, -0.1) is 0 Å². The van der Waals surface area contributed by atoms with E-state index in [1.165, 1.54) is 18.2 Å². The van der Waals surface area contributed by atoms with Crippen LogP contribution in [0.3, 0.4) is 0 Å². The molecule has 0 aromatic heterocycles. The first-order valence-corrected chi connectivity index (χ1v) is 8.06. The third kappa shape index (κ3) is 4.16. The molecular weight excluding hydrogens is 346 g/mol. The van der Waals surface area contributed by atoms with Crippen LogP contribution in [0.25, 0.3) is 0 Å². The fourth-order valence-electron chi connectivity index (χ4n) is 2.50. The van der Waals surface area contributed by atoms with E-state index in [0.29, 0.717) is 16.9 Å². The van der Waals surface area contributed by atoms with Gasteiger partial charge in [0.15, 0.2) is 0 Å². The van der Waals surface area contributed by atoms with Gasteiger partial charge in [-0.25, -0.2) is 0 Å². The summed E-state index contributed by atoms with van der Waals surface area (Å²) in [5.41, 5.74) is 0.841. The molecule has 27 heavy (non-hydrogen) atoms. The Kier molecular flexibility index (Phi) is 5.22. The molecule has 0 heterocycles. The summed E-state index contributed by atoms with van der Waals surface area (Å²) >= 11 is 0. The molecule has 3 aromatic carbocycles. The molecule has 0 spiro atoms. The molecule has 3 rings (SSSR count). The Morgan fingerprint density at radius 2 is 1.22 bits per heavy atom. The number of nitrogens with one attached hydrogen (secondary N) is 2. The predicted octanol–water partition coefficient (Wildman–Crippen LogP) is 4.10. The second-order valence-corrected chi connectivity index (χ2v) is 5.59. The highest BCUT2D eigenvalue weighted by Crippen LogP contribution is 2.24. The molecular formula is C20H15N3O4. The van der Waals surface area contributed by atoms with Crippen molar-refractivity contribution in [2.75, 3.05) is 10.6 Å². The van der Waals surface area contributed by atoms with Crippen molar-refractivity contribution in [1.82, 2.24) is 0 Å². The van der Waals surface area contributed by atoms with Crippen molar-refractivity contribution >= 4 is 28.9 Å². The van der Waals surface area contributed by atoms with E-state index in [1.807, 2.05) is 0 Å². The van der Waals surface area contributed by atoms with Gasteiger partial charge in [-0.1, -0.05) is 42.5 Å². The number of hydrogen-bond donors (Lipinski definition) is 2. The molecule has 0 aliphatic carbocycles. The van der Waals surface area contributed by atoms with Gasteiger partial charge < -0.3 is 10.6 Å². The van der Waals surface area contributed by atoms with Gasteiger partial charge in [-0.2, -0.15) is 0 Å². The SMILES string of the molecule is O=C(Nc1ccccc1NC(=O)c1ccccc1[N+](=O)[O-])c1ccccc1. The topological polar surface area (TPSA) is 101 Å². The van der Waals surface area contributed by atoms with Crippen LogP contribution in [-0.2, 0) is 0 Å². The number of para-hydroxylation sites is 3. The molecule has 2 N–H and O–H groups in total. The Bertz CT molecular complexity index is 1000. The Labute approximate surface area is 154 Å². The summed E-state index contributed by atoms with van der Waals surface area (Å²) in [6.07, 6.45) is 0. The smallest absolute Gasteiger partial charge is 0.282 e. The van der Waals surface area contributed by atoms with Crippen molar-refractivity contribution in [2.24, 2.45) is 0 Å². The molecule has 7 nitrogen and oxygen atoms in total. The maximum absolute atomic E-state index is 12.5. The molecule has 0 aliphatic rings. The molecule has 3 aromatic rings. The van der Waals surface area contributed by atoms with Crippen LogP contribution in [0.1, 0.15) is 20.7 Å². The van der Waals surface area contributed by atoms with E-state index in [9.17, 15) is 19.7 Å². The number of nitrogens with zero attached hydrogens (tertiary/aromatic N) is 1. The van der Waals surface area contributed by atoms with Gasteiger partial charge in [0.2, 0.25) is 0 Å². The molecule has 0 aliphatic heterocycles. The summed E-state index contributed by atoms with van der Waals surface area (Å²) in [7, 11) is 0. The Balaban J connectivity index is 1.84. The molecule has 134 valence electrons. The summed E-state index contributed by atoms with van der Waals surface area (Å²) in [5.74, 6) is -0.966. The van der Waals surface area contributed by atoms with E-state index in [1.54, 1.807) is 60.7 Å². The first-order chi connectivity index (χ1) is 13.1. The molecule has 0 unspecified atom stereocenters.